The number of nitrogens with zero attached hydrogens (tertiary/aromatic N) is 2. The van der Waals surface area contributed by atoms with Crippen LogP contribution in [0.25, 0.3) is 22.2 Å². The van der Waals surface area contributed by atoms with Crippen LogP contribution >= 0.6 is 0 Å². The second kappa shape index (κ2) is 4.83. The molecule has 1 aromatic carbocycles. The first-order valence-corrected chi connectivity index (χ1v) is 7.96. The lowest BCUT2D eigenvalue weighted by atomic mass is 10.0. The van der Waals surface area contributed by atoms with Crippen LogP contribution in [0.5, 0.6) is 0 Å². The molecule has 0 aliphatic heterocycles. The van der Waals surface area contributed by atoms with E-state index in [1.165, 1.54) is 6.07 Å². The Morgan fingerprint density at radius 1 is 1.30 bits per heavy atom. The van der Waals surface area contributed by atoms with E-state index in [4.69, 9.17) is 10.9 Å². The van der Waals surface area contributed by atoms with Gasteiger partial charge in [-0.3, -0.25) is 5.73 Å². The zero-order valence-corrected chi connectivity index (χ0v) is 12.8. The van der Waals surface area contributed by atoms with Crippen molar-refractivity contribution in [2.75, 3.05) is 5.73 Å². The number of hydrogen-bond donors (Lipinski definition) is 4. The first-order valence-electron chi connectivity index (χ1n) is 6.46. The van der Waals surface area contributed by atoms with Gasteiger partial charge in [-0.25, -0.2) is 23.5 Å². The summed E-state index contributed by atoms with van der Waals surface area (Å²) < 4.78 is 25.4. The van der Waals surface area contributed by atoms with E-state index < -0.39 is 21.9 Å². The van der Waals surface area contributed by atoms with Crippen LogP contribution in [-0.4, -0.2) is 28.5 Å². The fourth-order valence-electron chi connectivity index (χ4n) is 2.57. The van der Waals surface area contributed by atoms with Crippen LogP contribution in [0.3, 0.4) is 0 Å². The third-order valence-corrected chi connectivity index (χ3v) is 4.49. The molecule has 2 aromatic heterocycles. The Kier molecular flexibility index (Phi) is 3.16. The first kappa shape index (κ1) is 15.1. The van der Waals surface area contributed by atoms with E-state index in [1.807, 2.05) is 6.07 Å². The normalized spacial score (nSPS) is 11.9. The smallest absolute Gasteiger partial charge is 0.354 e. The van der Waals surface area contributed by atoms with E-state index in [1.54, 1.807) is 23.7 Å². The molecule has 120 valence electrons. The molecule has 3 rings (SSSR count). The molecule has 0 fully saturated rings. The van der Waals surface area contributed by atoms with Gasteiger partial charge in [-0.15, -0.1) is 0 Å². The van der Waals surface area contributed by atoms with Crippen LogP contribution in [-0.2, 0) is 17.3 Å². The van der Waals surface area contributed by atoms with Crippen LogP contribution in [0.15, 0.2) is 30.5 Å². The van der Waals surface area contributed by atoms with Gasteiger partial charge in [-0.1, -0.05) is 12.1 Å². The number of H-pyrrole nitrogens is 1. The molecule has 23 heavy (non-hydrogen) atoms. The van der Waals surface area contributed by atoms with Crippen molar-refractivity contribution in [2.24, 2.45) is 12.2 Å². The molecule has 0 aliphatic carbocycles. The molecule has 0 bridgehead atoms. The van der Waals surface area contributed by atoms with Crippen LogP contribution in [0.1, 0.15) is 10.5 Å². The summed E-state index contributed by atoms with van der Waals surface area (Å²) in [4.78, 5) is 14.5. The highest BCUT2D eigenvalue weighted by Crippen LogP contribution is 2.31. The highest BCUT2D eigenvalue weighted by molar-refractivity contribution is 7.87. The summed E-state index contributed by atoms with van der Waals surface area (Å²) in [6, 6.07) is 6.60. The lowest BCUT2D eigenvalue weighted by molar-refractivity contribution is -0.629. The van der Waals surface area contributed by atoms with Crippen LogP contribution in [0.2, 0.25) is 0 Å². The molecule has 0 amide bonds. The summed E-state index contributed by atoms with van der Waals surface area (Å²) >= 11 is 0. The van der Waals surface area contributed by atoms with Gasteiger partial charge in [0.2, 0.25) is 0 Å². The predicted octanol–water partition coefficient (Wildman–Crippen LogP) is -0.207. The van der Waals surface area contributed by atoms with E-state index in [-0.39, 0.29) is 5.56 Å². The van der Waals surface area contributed by atoms with Crippen LogP contribution < -0.4 is 15.4 Å². The Morgan fingerprint density at radius 3 is 2.61 bits per heavy atom. The zero-order valence-electron chi connectivity index (χ0n) is 12.0. The Bertz CT molecular complexity index is 1050. The monoisotopic (exact) mass is 336 g/mol. The van der Waals surface area contributed by atoms with Crippen molar-refractivity contribution >= 4 is 33.2 Å². The van der Waals surface area contributed by atoms with Gasteiger partial charge in [0.25, 0.3) is 0 Å². The summed E-state index contributed by atoms with van der Waals surface area (Å²) in [6.45, 7) is 0. The van der Waals surface area contributed by atoms with E-state index in [2.05, 4.69) is 4.98 Å². The second-order valence-electron chi connectivity index (χ2n) is 4.99. The van der Waals surface area contributed by atoms with Gasteiger partial charge in [0.15, 0.2) is 5.69 Å². The summed E-state index contributed by atoms with van der Waals surface area (Å²) in [7, 11) is -2.47. The van der Waals surface area contributed by atoms with Gasteiger partial charge in [0.1, 0.15) is 11.0 Å². The Hall–Kier alpha value is -2.85. The molecule has 10 heteroatoms. The van der Waals surface area contributed by atoms with Crippen molar-refractivity contribution in [3.63, 3.8) is 0 Å². The number of aromatic nitrogens is 3. The van der Waals surface area contributed by atoms with Gasteiger partial charge in [-0.05, 0) is 12.1 Å². The standard InChI is InChI=1S/C13H13N5O4S/c1-17-9-4-2-3-7(10(9)16-13(17)14)8-5-6-18(23(15,21)22)11(8)12(19)20/h2-6H,1H3,(H5,14,15,16,19,20,21,22)/p+1. The van der Waals surface area contributed by atoms with Gasteiger partial charge >= 0.3 is 22.1 Å². The lowest BCUT2D eigenvalue weighted by Gasteiger charge is -2.05. The number of nitrogens with two attached hydrogens (primary N) is 2. The number of fused-ring (bicyclic) bond motifs is 1. The van der Waals surface area contributed by atoms with Crippen molar-refractivity contribution in [2.45, 2.75) is 0 Å². The number of aromatic amines is 1. The number of hydrogen-bond acceptors (Lipinski definition) is 4. The number of para-hydroxylation sites is 1. The number of rotatable bonds is 3. The molecule has 3 aromatic rings. The number of carbonyl (C=O) groups is 1. The maximum Gasteiger partial charge on any atom is 0.354 e. The van der Waals surface area contributed by atoms with E-state index in [9.17, 15) is 18.3 Å². The average molecular weight is 336 g/mol. The zero-order chi connectivity index (χ0) is 16.9. The second-order valence-corrected chi connectivity index (χ2v) is 6.42. The molecular weight excluding hydrogens is 322 g/mol. The molecule has 0 spiro atoms. The van der Waals surface area contributed by atoms with Gasteiger partial charge in [0.05, 0.1) is 7.05 Å². The van der Waals surface area contributed by atoms with Gasteiger partial charge in [0, 0.05) is 17.3 Å². The molecule has 0 aliphatic rings. The summed E-state index contributed by atoms with van der Waals surface area (Å²) in [6.07, 6.45) is 1.11. The number of anilines is 1. The summed E-state index contributed by atoms with van der Waals surface area (Å²) in [5, 5.41) is 14.5. The number of aryl methyl sites for hydroxylation is 1. The molecule has 2 heterocycles. The molecule has 0 unspecified atom stereocenters. The molecule has 9 nitrogen and oxygen atoms in total. The van der Waals surface area contributed by atoms with Gasteiger partial charge in [-0.2, -0.15) is 8.42 Å². The minimum atomic E-state index is -4.23. The Labute approximate surface area is 130 Å². The lowest BCUT2D eigenvalue weighted by Crippen LogP contribution is -2.30. The van der Waals surface area contributed by atoms with Crippen molar-refractivity contribution < 1.29 is 22.9 Å². The van der Waals surface area contributed by atoms with E-state index in [0.717, 1.165) is 11.7 Å². The Morgan fingerprint density at radius 2 is 2.00 bits per heavy atom. The first-order chi connectivity index (χ1) is 10.7. The quantitative estimate of drug-likeness (QED) is 0.489. The largest absolute Gasteiger partial charge is 0.477 e. The fraction of sp³-hybridized carbons (Fsp3) is 0.0769. The number of nitrogens with one attached hydrogen (secondary N) is 1. The van der Waals surface area contributed by atoms with Crippen molar-refractivity contribution in [1.82, 2.24) is 8.96 Å². The van der Waals surface area contributed by atoms with Crippen molar-refractivity contribution in [3.05, 3.63) is 36.2 Å². The maximum absolute atomic E-state index is 11.6. The van der Waals surface area contributed by atoms with Crippen LogP contribution in [0, 0.1) is 0 Å². The van der Waals surface area contributed by atoms with Crippen LogP contribution in [0.4, 0.5) is 5.95 Å². The fourth-order valence-corrected chi connectivity index (χ4v) is 3.23. The minimum Gasteiger partial charge on any atom is -0.477 e. The number of aromatic carboxylic acids is 1. The third kappa shape index (κ3) is 2.24. The number of carboxylic acid groups (broad SMARTS) is 1. The number of carboxylic acids is 1. The van der Waals surface area contributed by atoms with E-state index in [0.29, 0.717) is 21.0 Å². The SMILES string of the molecule is C[n+]1c(N)[nH]c2c(-c3ccn(S(N)(=O)=O)c3C(=O)O)cccc21. The Balaban J connectivity index is 2.39. The minimum absolute atomic E-state index is 0.221. The maximum atomic E-state index is 11.6. The topological polar surface area (TPSA) is 148 Å². The van der Waals surface area contributed by atoms with Gasteiger partial charge < -0.3 is 5.11 Å². The molecule has 0 saturated carbocycles. The summed E-state index contributed by atoms with van der Waals surface area (Å²) in [5.74, 6) is -1.02. The predicted molar refractivity (Wildman–Crippen MR) is 82.8 cm³/mol. The third-order valence-electron chi connectivity index (χ3n) is 3.64. The highest BCUT2D eigenvalue weighted by atomic mass is 32.2. The number of nitrogen functional groups attached to an aromatic ring is 1. The molecule has 0 atom stereocenters. The molecule has 0 radical (unpaired) electrons. The van der Waals surface area contributed by atoms with E-state index >= 15 is 0 Å². The number of benzene rings is 1. The molecule has 0 saturated heterocycles. The van der Waals surface area contributed by atoms with Crippen molar-refractivity contribution in [3.8, 4) is 11.1 Å². The molecule has 6 N–H and O–H groups in total. The average Bonchev–Trinajstić information content (AvgIpc) is 3.01. The van der Waals surface area contributed by atoms with Crippen molar-refractivity contribution in [1.29, 1.82) is 0 Å². The summed E-state index contributed by atoms with van der Waals surface area (Å²) in [5.41, 5.74) is 7.49. The highest BCUT2D eigenvalue weighted by Gasteiger charge is 2.25. The molecular formula is C13H14N5O4S+. The number of imidazole rings is 1.